The van der Waals surface area contributed by atoms with Gasteiger partial charge in [-0.05, 0) is 59.7 Å². The van der Waals surface area contributed by atoms with Gasteiger partial charge in [-0.15, -0.1) is 0 Å². The number of Topliss-reactive ketones (excluding diaryl/α,β-unsaturated/α-hetero) is 1. The van der Waals surface area contributed by atoms with Crippen LogP contribution in [-0.4, -0.2) is 60.9 Å². The molecule has 0 amide bonds. The summed E-state index contributed by atoms with van der Waals surface area (Å²) in [6, 6.07) is 27.6. The number of rotatable bonds is 12. The Balaban J connectivity index is 1.24. The highest BCUT2D eigenvalue weighted by atomic mass is 16.5. The molecule has 9 heteroatoms. The van der Waals surface area contributed by atoms with Crippen LogP contribution >= 0.6 is 0 Å². The number of ether oxygens (including phenoxy) is 3. The quantitative estimate of drug-likeness (QED) is 0.109. The number of aryl methyl sites for hydroxylation is 2. The molecule has 0 bridgehead atoms. The lowest BCUT2D eigenvalue weighted by Crippen LogP contribution is -2.43. The number of anilines is 1. The summed E-state index contributed by atoms with van der Waals surface area (Å²) in [4.78, 5) is 19.9. The highest BCUT2D eigenvalue weighted by molar-refractivity contribution is 6.04. The van der Waals surface area contributed by atoms with Gasteiger partial charge in [0.05, 0.1) is 20.1 Å². The number of phenols is 2. The van der Waals surface area contributed by atoms with E-state index in [0.29, 0.717) is 42.9 Å². The Morgan fingerprint density at radius 2 is 1.65 bits per heavy atom. The van der Waals surface area contributed by atoms with Crippen LogP contribution in [0.5, 0.6) is 28.7 Å². The van der Waals surface area contributed by atoms with Gasteiger partial charge in [-0.3, -0.25) is 4.79 Å². The predicted octanol–water partition coefficient (Wildman–Crippen LogP) is 7.19. The lowest BCUT2D eigenvalue weighted by atomic mass is 9.90. The molecular weight excluding hydrogens is 642 g/mol. The van der Waals surface area contributed by atoms with Gasteiger partial charge >= 0.3 is 0 Å². The van der Waals surface area contributed by atoms with Crippen molar-refractivity contribution in [2.24, 2.45) is 0 Å². The van der Waals surface area contributed by atoms with E-state index in [1.165, 1.54) is 18.4 Å². The van der Waals surface area contributed by atoms with Crippen LogP contribution < -0.4 is 24.4 Å². The Morgan fingerprint density at radius 1 is 0.882 bits per heavy atom. The number of ketones is 1. The molecule has 2 aliphatic rings. The fourth-order valence-corrected chi connectivity index (χ4v) is 7.13. The van der Waals surface area contributed by atoms with E-state index in [-0.39, 0.29) is 35.0 Å². The normalized spacial score (nSPS) is 15.7. The van der Waals surface area contributed by atoms with Crippen molar-refractivity contribution in [3.8, 4) is 39.9 Å². The third-order valence-electron chi connectivity index (χ3n) is 9.86. The molecule has 1 fully saturated rings. The number of nitrogens with one attached hydrogen (secondary N) is 2. The molecule has 1 aromatic heterocycles. The van der Waals surface area contributed by atoms with Crippen molar-refractivity contribution < 1.29 is 29.2 Å². The fraction of sp³-hybridized carbons (Fsp3) is 0.310. The predicted molar refractivity (Wildman–Crippen MR) is 199 cm³/mol. The average Bonchev–Trinajstić information content (AvgIpc) is 3.61. The number of phenolic OH excluding ortho intramolecular Hbond substituents is 2. The number of hydrogen-bond acceptors (Lipinski definition) is 8. The van der Waals surface area contributed by atoms with Crippen molar-refractivity contribution in [1.29, 1.82) is 0 Å². The standard InChI is InChI=1S/C42H45N3O6/c1-3-31-25-34(42(44-31)45-21-19-43-20-22-45)30-11-7-10-28(24-30)12-17-33-39-37(35(47)26-36(51-39)29-13-15-32(46)16-14-29)38(48)41(49-2)40(33)50-23-18-27-8-5-4-6-9-27/h4-11,13-16,24-25,36,43-44,46,48H,3,12,17-23,26H2,1-2H3. The summed E-state index contributed by atoms with van der Waals surface area (Å²) in [5.74, 6) is 1.58. The number of aromatic nitrogens is 1. The van der Waals surface area contributed by atoms with E-state index in [2.05, 4.69) is 52.5 Å². The van der Waals surface area contributed by atoms with Crippen LogP contribution in [0.1, 0.15) is 57.8 Å². The van der Waals surface area contributed by atoms with Crippen LogP contribution in [0.2, 0.25) is 0 Å². The van der Waals surface area contributed by atoms with Crippen molar-refractivity contribution in [3.63, 3.8) is 0 Å². The summed E-state index contributed by atoms with van der Waals surface area (Å²) in [6.45, 7) is 6.29. The molecule has 7 rings (SSSR count). The second-order valence-corrected chi connectivity index (χ2v) is 13.2. The molecule has 0 aliphatic carbocycles. The Hall–Kier alpha value is -5.41. The Kier molecular flexibility index (Phi) is 10.2. The lowest BCUT2D eigenvalue weighted by Gasteiger charge is -2.30. The molecule has 51 heavy (non-hydrogen) atoms. The second kappa shape index (κ2) is 15.2. The van der Waals surface area contributed by atoms with Gasteiger partial charge in [0.2, 0.25) is 5.75 Å². The van der Waals surface area contributed by atoms with Crippen LogP contribution in [0.3, 0.4) is 0 Å². The van der Waals surface area contributed by atoms with Crippen molar-refractivity contribution in [1.82, 2.24) is 10.3 Å². The summed E-state index contributed by atoms with van der Waals surface area (Å²) in [7, 11) is 1.48. The summed E-state index contributed by atoms with van der Waals surface area (Å²) in [5.41, 5.74) is 7.31. The van der Waals surface area contributed by atoms with E-state index in [9.17, 15) is 15.0 Å². The summed E-state index contributed by atoms with van der Waals surface area (Å²) in [6.07, 6.45) is 2.10. The minimum absolute atomic E-state index is 0.0377. The minimum atomic E-state index is -0.595. The molecule has 3 heterocycles. The average molecular weight is 688 g/mol. The molecule has 4 aromatic carbocycles. The van der Waals surface area contributed by atoms with Crippen LogP contribution in [-0.2, 0) is 25.7 Å². The first-order valence-electron chi connectivity index (χ1n) is 17.8. The van der Waals surface area contributed by atoms with Gasteiger partial charge in [-0.25, -0.2) is 0 Å². The molecule has 2 aliphatic heterocycles. The van der Waals surface area contributed by atoms with Crippen molar-refractivity contribution >= 4 is 11.6 Å². The highest BCUT2D eigenvalue weighted by Gasteiger charge is 2.37. The maximum Gasteiger partial charge on any atom is 0.204 e. The Bertz CT molecular complexity index is 1980. The Labute approximate surface area is 298 Å². The largest absolute Gasteiger partial charge is 0.508 e. The molecule has 264 valence electrons. The topological polar surface area (TPSA) is 116 Å². The third kappa shape index (κ3) is 7.25. The number of carbonyl (C=O) groups is 1. The number of carbonyl (C=O) groups excluding carboxylic acids is 1. The second-order valence-electron chi connectivity index (χ2n) is 13.2. The number of benzene rings is 4. The van der Waals surface area contributed by atoms with Gasteiger partial charge in [0, 0.05) is 49.4 Å². The van der Waals surface area contributed by atoms with E-state index >= 15 is 0 Å². The van der Waals surface area contributed by atoms with Crippen molar-refractivity contribution in [2.45, 2.75) is 45.1 Å². The van der Waals surface area contributed by atoms with Gasteiger partial charge in [0.25, 0.3) is 0 Å². The first kappa shape index (κ1) is 34.1. The zero-order valence-electron chi connectivity index (χ0n) is 29.2. The maximum absolute atomic E-state index is 13.8. The smallest absolute Gasteiger partial charge is 0.204 e. The number of methoxy groups -OCH3 is 1. The van der Waals surface area contributed by atoms with E-state index in [1.807, 2.05) is 30.3 Å². The SMILES string of the molecule is CCc1cc(-c2cccc(CCc3c(OCCc4ccccc4)c(OC)c(O)c4c3OC(c3ccc(O)cc3)CC4=O)c2)c(N2CCNCC2)[nH]1. The third-order valence-corrected chi connectivity index (χ3v) is 9.86. The summed E-state index contributed by atoms with van der Waals surface area (Å²) in [5, 5.41) is 24.8. The van der Waals surface area contributed by atoms with E-state index < -0.39 is 6.10 Å². The molecule has 9 nitrogen and oxygen atoms in total. The first-order valence-corrected chi connectivity index (χ1v) is 17.8. The van der Waals surface area contributed by atoms with Crippen LogP contribution in [0.15, 0.2) is 84.9 Å². The number of aromatic hydroxyl groups is 2. The van der Waals surface area contributed by atoms with Crippen LogP contribution in [0, 0.1) is 0 Å². The van der Waals surface area contributed by atoms with E-state index in [1.54, 1.807) is 24.3 Å². The van der Waals surface area contributed by atoms with Crippen molar-refractivity contribution in [3.05, 3.63) is 118 Å². The number of hydrogen-bond donors (Lipinski definition) is 4. The number of H-pyrrole nitrogens is 1. The molecular formula is C42H45N3O6. The zero-order valence-corrected chi connectivity index (χ0v) is 29.2. The molecule has 1 atom stereocenters. The Morgan fingerprint density at radius 3 is 2.39 bits per heavy atom. The molecule has 5 aromatic rings. The van der Waals surface area contributed by atoms with E-state index in [4.69, 9.17) is 14.2 Å². The van der Waals surface area contributed by atoms with Crippen LogP contribution in [0.25, 0.3) is 11.1 Å². The maximum atomic E-state index is 13.8. The molecule has 0 saturated carbocycles. The number of aromatic amines is 1. The number of nitrogens with zero attached hydrogens (tertiary/aromatic N) is 1. The number of piperazine rings is 1. The van der Waals surface area contributed by atoms with Gasteiger partial charge in [-0.1, -0.05) is 73.7 Å². The summed E-state index contributed by atoms with van der Waals surface area (Å²) < 4.78 is 18.8. The van der Waals surface area contributed by atoms with Gasteiger partial charge in [-0.2, -0.15) is 0 Å². The van der Waals surface area contributed by atoms with Crippen molar-refractivity contribution in [2.75, 3.05) is 44.8 Å². The van der Waals surface area contributed by atoms with Crippen LogP contribution in [0.4, 0.5) is 5.82 Å². The van der Waals surface area contributed by atoms with Gasteiger partial charge < -0.3 is 39.6 Å². The summed E-state index contributed by atoms with van der Waals surface area (Å²) >= 11 is 0. The van der Waals surface area contributed by atoms with Gasteiger partial charge in [0.1, 0.15) is 29.0 Å². The highest BCUT2D eigenvalue weighted by Crippen LogP contribution is 2.52. The molecule has 0 spiro atoms. The first-order chi connectivity index (χ1) is 24.9. The molecule has 0 radical (unpaired) electrons. The number of fused-ring (bicyclic) bond motifs is 1. The van der Waals surface area contributed by atoms with E-state index in [0.717, 1.165) is 60.7 Å². The monoisotopic (exact) mass is 687 g/mol. The molecule has 1 unspecified atom stereocenters. The fourth-order valence-electron chi connectivity index (χ4n) is 7.13. The zero-order chi connectivity index (χ0) is 35.3. The molecule has 4 N–H and O–H groups in total. The van der Waals surface area contributed by atoms with Gasteiger partial charge in [0.15, 0.2) is 17.3 Å². The lowest BCUT2D eigenvalue weighted by molar-refractivity contribution is 0.0840. The molecule has 1 saturated heterocycles. The minimum Gasteiger partial charge on any atom is -0.508 e.